The van der Waals surface area contributed by atoms with Crippen LogP contribution in [0.3, 0.4) is 0 Å². The third-order valence-corrected chi connectivity index (χ3v) is 7.70. The van der Waals surface area contributed by atoms with Gasteiger partial charge in [-0.2, -0.15) is 0 Å². The van der Waals surface area contributed by atoms with Crippen molar-refractivity contribution in [3.05, 3.63) is 64.9 Å². The maximum atomic E-state index is 13.5. The molecule has 1 amide bonds. The maximum Gasteiger partial charge on any atom is 0.263 e. The number of aryl methyl sites for hydroxylation is 1. The zero-order valence-corrected chi connectivity index (χ0v) is 23.5. The van der Waals surface area contributed by atoms with Crippen LogP contribution in [0.15, 0.2) is 56.9 Å². The van der Waals surface area contributed by atoms with Crippen LogP contribution < -0.4 is 4.72 Å². The Kier molecular flexibility index (Phi) is 7.64. The lowest BCUT2D eigenvalue weighted by Crippen LogP contribution is -2.30. The van der Waals surface area contributed by atoms with Crippen molar-refractivity contribution in [3.63, 3.8) is 0 Å². The van der Waals surface area contributed by atoms with Gasteiger partial charge < -0.3 is 14.2 Å². The minimum atomic E-state index is -4.01. The number of hydrogen-bond acceptors (Lipinski definition) is 7. The fraction of sp³-hybridized carbons (Fsp3) is 0.393. The molecule has 38 heavy (non-hydrogen) atoms. The molecule has 9 nitrogen and oxygen atoms in total. The lowest BCUT2D eigenvalue weighted by molar-refractivity contribution is -0.132. The third-order valence-electron chi connectivity index (χ3n) is 6.31. The van der Waals surface area contributed by atoms with Crippen LogP contribution in [-0.4, -0.2) is 50.5 Å². The molecule has 202 valence electrons. The van der Waals surface area contributed by atoms with Gasteiger partial charge >= 0.3 is 0 Å². The van der Waals surface area contributed by atoms with Gasteiger partial charge in [0.05, 0.1) is 11.4 Å². The Balaban J connectivity index is 1.77. The maximum absolute atomic E-state index is 13.5. The minimum Gasteiger partial charge on any atom is -0.476 e. The van der Waals surface area contributed by atoms with Gasteiger partial charge in [0.15, 0.2) is 5.82 Å². The summed E-state index contributed by atoms with van der Waals surface area (Å²) >= 11 is 0. The van der Waals surface area contributed by atoms with Crippen LogP contribution in [0, 0.1) is 19.3 Å². The molecule has 2 aromatic carbocycles. The summed E-state index contributed by atoms with van der Waals surface area (Å²) < 4.78 is 40.4. The Hall–Kier alpha value is -3.66. The molecule has 0 aliphatic carbocycles. The van der Waals surface area contributed by atoms with E-state index >= 15 is 0 Å². The summed E-state index contributed by atoms with van der Waals surface area (Å²) in [6, 6.07) is 12.4. The summed E-state index contributed by atoms with van der Waals surface area (Å²) in [5.41, 5.74) is 3.22. The molecule has 0 bridgehead atoms. The molecule has 0 saturated carbocycles. The molecular weight excluding hydrogens is 504 g/mol. The molecule has 0 radical (unpaired) electrons. The number of carbonyl (C=O) groups is 1. The monoisotopic (exact) mass is 538 g/mol. The average molecular weight is 539 g/mol. The number of anilines is 1. The number of benzene rings is 2. The van der Waals surface area contributed by atoms with E-state index in [2.05, 4.69) is 14.9 Å². The van der Waals surface area contributed by atoms with Crippen molar-refractivity contribution in [1.82, 2.24) is 10.1 Å². The van der Waals surface area contributed by atoms with E-state index < -0.39 is 10.0 Å². The van der Waals surface area contributed by atoms with Crippen LogP contribution in [0.1, 0.15) is 49.6 Å². The van der Waals surface area contributed by atoms with Crippen molar-refractivity contribution in [2.45, 2.75) is 52.5 Å². The Bertz CT molecular complexity index is 1490. The number of sulfonamides is 1. The van der Waals surface area contributed by atoms with Gasteiger partial charge in [-0.25, -0.2) is 13.4 Å². The van der Waals surface area contributed by atoms with Crippen LogP contribution in [-0.2, 0) is 26.1 Å². The Labute approximate surface area is 223 Å². The first-order chi connectivity index (χ1) is 17.9. The van der Waals surface area contributed by atoms with Gasteiger partial charge in [0.1, 0.15) is 12.4 Å². The number of nitrogens with zero attached hydrogens (tertiary/aromatic N) is 3. The number of hydrogen-bond donors (Lipinski definition) is 1. The third kappa shape index (κ3) is 6.07. The molecule has 10 heteroatoms. The summed E-state index contributed by atoms with van der Waals surface area (Å²) in [6.07, 6.45) is 0.389. The van der Waals surface area contributed by atoms with Gasteiger partial charge in [-0.05, 0) is 48.6 Å². The van der Waals surface area contributed by atoms with Gasteiger partial charge in [-0.15, -0.1) is 0 Å². The van der Waals surface area contributed by atoms with Gasteiger partial charge in [0.2, 0.25) is 11.8 Å². The van der Waals surface area contributed by atoms with Crippen LogP contribution in [0.5, 0.6) is 0 Å². The smallest absolute Gasteiger partial charge is 0.263 e. The van der Waals surface area contributed by atoms with Gasteiger partial charge in [-0.3, -0.25) is 9.52 Å². The first kappa shape index (κ1) is 27.4. The summed E-state index contributed by atoms with van der Waals surface area (Å²) in [7, 11) is -2.26. The second-order valence-corrected chi connectivity index (χ2v) is 12.4. The highest BCUT2D eigenvalue weighted by molar-refractivity contribution is 7.92. The fourth-order valence-corrected chi connectivity index (χ4v) is 5.46. The molecule has 0 spiro atoms. The molecule has 0 atom stereocenters. The Morgan fingerprint density at radius 3 is 2.47 bits per heavy atom. The summed E-state index contributed by atoms with van der Waals surface area (Å²) in [5.74, 6) is 1.23. The highest BCUT2D eigenvalue weighted by Crippen LogP contribution is 2.33. The molecule has 4 rings (SSSR count). The van der Waals surface area contributed by atoms with E-state index in [-0.39, 0.29) is 28.6 Å². The first-order valence-electron chi connectivity index (χ1n) is 12.5. The second-order valence-electron chi connectivity index (χ2n) is 10.7. The lowest BCUT2D eigenvalue weighted by atomic mass is 9.91. The number of aromatic nitrogens is 1. The largest absolute Gasteiger partial charge is 0.476 e. The van der Waals surface area contributed by atoms with E-state index in [1.54, 1.807) is 50.1 Å². The quantitative estimate of drug-likeness (QED) is 0.435. The molecule has 3 aromatic rings. The average Bonchev–Trinajstić information content (AvgIpc) is 3.49. The molecule has 0 saturated heterocycles. The highest BCUT2D eigenvalue weighted by Gasteiger charge is 2.25. The van der Waals surface area contributed by atoms with E-state index in [0.29, 0.717) is 47.9 Å². The number of nitrogens with one attached hydrogen (secondary N) is 1. The van der Waals surface area contributed by atoms with Crippen molar-refractivity contribution in [2.24, 2.45) is 10.4 Å². The SMILES string of the molecule is Cc1onc(NS(=O)(=O)c2ccccc2-c2ccc(C3=NCCO3)cc2CN(C)C(=O)CC(C)(C)C)c1C. The Morgan fingerprint density at radius 1 is 1.11 bits per heavy atom. The van der Waals surface area contributed by atoms with Crippen LogP contribution in [0.4, 0.5) is 5.82 Å². The predicted octanol–water partition coefficient (Wildman–Crippen LogP) is 4.93. The van der Waals surface area contributed by atoms with Crippen LogP contribution in [0.25, 0.3) is 11.1 Å². The molecule has 1 aliphatic heterocycles. The van der Waals surface area contributed by atoms with E-state index in [0.717, 1.165) is 11.1 Å². The molecule has 0 fully saturated rings. The zero-order chi connectivity index (χ0) is 27.7. The lowest BCUT2D eigenvalue weighted by Gasteiger charge is -2.25. The first-order valence-corrected chi connectivity index (χ1v) is 13.9. The van der Waals surface area contributed by atoms with E-state index in [9.17, 15) is 13.2 Å². The van der Waals surface area contributed by atoms with Crippen molar-refractivity contribution in [1.29, 1.82) is 0 Å². The van der Waals surface area contributed by atoms with E-state index in [1.807, 2.05) is 39.0 Å². The van der Waals surface area contributed by atoms with Crippen molar-refractivity contribution >= 4 is 27.6 Å². The number of carbonyl (C=O) groups excluding carboxylic acids is 1. The van der Waals surface area contributed by atoms with Crippen LogP contribution >= 0.6 is 0 Å². The van der Waals surface area contributed by atoms with Crippen LogP contribution in [0.2, 0.25) is 0 Å². The standard InChI is InChI=1S/C28H34N4O5S/c1-18-19(2)37-30-26(18)31-38(34,35)24-10-8-7-9-23(24)22-12-11-20(27-29-13-14-36-27)15-21(22)17-32(6)25(33)16-28(3,4)5/h7-12,15H,13-14,16-17H2,1-6H3,(H,30,31). The molecule has 1 aromatic heterocycles. The van der Waals surface area contributed by atoms with Crippen molar-refractivity contribution < 1.29 is 22.5 Å². The molecule has 1 N–H and O–H groups in total. The van der Waals surface area contributed by atoms with E-state index in [1.165, 1.54) is 0 Å². The highest BCUT2D eigenvalue weighted by atomic mass is 32.2. The van der Waals surface area contributed by atoms with Gasteiger partial charge in [-0.1, -0.05) is 50.2 Å². The van der Waals surface area contributed by atoms with Crippen molar-refractivity contribution in [2.75, 3.05) is 24.9 Å². The van der Waals surface area contributed by atoms with Gasteiger partial charge in [0.25, 0.3) is 10.0 Å². The molecular formula is C28H34N4O5S. The Morgan fingerprint density at radius 2 is 1.84 bits per heavy atom. The molecule has 0 unspecified atom stereocenters. The van der Waals surface area contributed by atoms with E-state index in [4.69, 9.17) is 9.26 Å². The second kappa shape index (κ2) is 10.6. The van der Waals surface area contributed by atoms with Crippen molar-refractivity contribution in [3.8, 4) is 11.1 Å². The predicted molar refractivity (Wildman–Crippen MR) is 147 cm³/mol. The summed E-state index contributed by atoms with van der Waals surface area (Å²) in [4.78, 5) is 19.1. The number of rotatable bonds is 8. The molecule has 2 heterocycles. The topological polar surface area (TPSA) is 114 Å². The number of amides is 1. The summed E-state index contributed by atoms with van der Waals surface area (Å²) in [6.45, 7) is 10.9. The van der Waals surface area contributed by atoms with Gasteiger partial charge in [0, 0.05) is 36.7 Å². The molecule has 1 aliphatic rings. The number of ether oxygens (including phenoxy) is 1. The normalized spacial score (nSPS) is 13.7. The fourth-order valence-electron chi connectivity index (χ4n) is 4.18. The number of aliphatic imine (C=N–C) groups is 1. The zero-order valence-electron chi connectivity index (χ0n) is 22.7. The minimum absolute atomic E-state index is 0.00256. The summed E-state index contributed by atoms with van der Waals surface area (Å²) in [5, 5.41) is 3.85.